The van der Waals surface area contributed by atoms with Crippen LogP contribution in [0.15, 0.2) is 48.7 Å². The van der Waals surface area contributed by atoms with Crippen molar-refractivity contribution < 1.29 is 4.39 Å². The highest BCUT2D eigenvalue weighted by Crippen LogP contribution is 2.32. The maximum absolute atomic E-state index is 13.2. The Bertz CT molecular complexity index is 956. The zero-order chi connectivity index (χ0) is 17.9. The summed E-state index contributed by atoms with van der Waals surface area (Å²) in [6, 6.07) is 14.6. The zero-order valence-corrected chi connectivity index (χ0v) is 14.5. The average Bonchev–Trinajstić information content (AvgIpc) is 3.27. The lowest BCUT2D eigenvalue weighted by Crippen LogP contribution is -2.26. The van der Waals surface area contributed by atoms with E-state index >= 15 is 0 Å². The number of nitrogens with zero attached hydrogens (tertiary/aromatic N) is 2. The van der Waals surface area contributed by atoms with Gasteiger partial charge < -0.3 is 15.2 Å². The average molecular weight is 348 g/mol. The van der Waals surface area contributed by atoms with Gasteiger partial charge in [0.05, 0.1) is 11.6 Å². The molecule has 1 saturated heterocycles. The van der Waals surface area contributed by atoms with Crippen LogP contribution in [-0.4, -0.2) is 36.1 Å². The normalized spacial score (nSPS) is 17.5. The molecule has 2 heterocycles. The number of aromatic amines is 1. The number of hydrogen-bond donors (Lipinski definition) is 2. The molecule has 26 heavy (non-hydrogen) atoms. The first-order valence-corrected chi connectivity index (χ1v) is 8.96. The van der Waals surface area contributed by atoms with Gasteiger partial charge in [-0.05, 0) is 60.8 Å². The smallest absolute Gasteiger partial charge is 0.125 e. The van der Waals surface area contributed by atoms with Gasteiger partial charge in [-0.25, -0.2) is 4.39 Å². The minimum absolute atomic E-state index is 0.215. The van der Waals surface area contributed by atoms with Crippen molar-refractivity contribution in [2.75, 3.05) is 31.5 Å². The molecular formula is C21H21FN4. The Hall–Kier alpha value is -2.84. The van der Waals surface area contributed by atoms with E-state index in [1.165, 1.54) is 17.7 Å². The van der Waals surface area contributed by atoms with E-state index in [0.717, 1.165) is 49.2 Å². The fraction of sp³-hybridized carbons (Fsp3) is 0.286. The third-order valence-corrected chi connectivity index (χ3v) is 5.14. The largest absolute Gasteiger partial charge is 0.384 e. The molecule has 3 aromatic rings. The van der Waals surface area contributed by atoms with E-state index in [1.54, 1.807) is 6.07 Å². The topological polar surface area (TPSA) is 54.9 Å². The Balaban J connectivity index is 1.37. The molecule has 4 rings (SSSR count). The summed E-state index contributed by atoms with van der Waals surface area (Å²) in [5.41, 5.74) is 3.91. The van der Waals surface area contributed by atoms with E-state index in [2.05, 4.69) is 27.5 Å². The molecule has 0 saturated carbocycles. The number of anilines is 1. The number of nitrogens with one attached hydrogen (secondary N) is 2. The second kappa shape index (κ2) is 7.19. The second-order valence-electron chi connectivity index (χ2n) is 6.84. The predicted molar refractivity (Wildman–Crippen MR) is 102 cm³/mol. The van der Waals surface area contributed by atoms with Crippen molar-refractivity contribution in [3.63, 3.8) is 0 Å². The number of rotatable bonds is 5. The second-order valence-corrected chi connectivity index (χ2v) is 6.84. The molecule has 1 fully saturated rings. The van der Waals surface area contributed by atoms with Crippen LogP contribution in [0, 0.1) is 17.1 Å². The van der Waals surface area contributed by atoms with Gasteiger partial charge in [-0.1, -0.05) is 6.07 Å². The summed E-state index contributed by atoms with van der Waals surface area (Å²) >= 11 is 0. The minimum atomic E-state index is -0.215. The van der Waals surface area contributed by atoms with Gasteiger partial charge in [-0.3, -0.25) is 0 Å². The van der Waals surface area contributed by atoms with Crippen molar-refractivity contribution in [3.8, 4) is 6.07 Å². The molecule has 2 aromatic carbocycles. The van der Waals surface area contributed by atoms with Crippen LogP contribution in [-0.2, 0) is 0 Å². The van der Waals surface area contributed by atoms with Crippen molar-refractivity contribution in [2.45, 2.75) is 12.3 Å². The number of hydrogen-bond acceptors (Lipinski definition) is 3. The lowest BCUT2D eigenvalue weighted by Gasteiger charge is -2.17. The summed E-state index contributed by atoms with van der Waals surface area (Å²) in [6.45, 7) is 3.79. The van der Waals surface area contributed by atoms with Crippen molar-refractivity contribution in [3.05, 3.63) is 65.6 Å². The molecule has 1 aromatic heterocycles. The number of likely N-dealkylation sites (tertiary alicyclic amines) is 1. The van der Waals surface area contributed by atoms with Crippen LogP contribution in [0.5, 0.6) is 0 Å². The van der Waals surface area contributed by atoms with Gasteiger partial charge in [0.1, 0.15) is 5.82 Å². The van der Waals surface area contributed by atoms with Crippen LogP contribution in [0.2, 0.25) is 0 Å². The monoisotopic (exact) mass is 348 g/mol. The summed E-state index contributed by atoms with van der Waals surface area (Å²) in [5, 5.41) is 13.6. The molecule has 0 aliphatic carbocycles. The number of halogens is 1. The summed E-state index contributed by atoms with van der Waals surface area (Å²) in [5.74, 6) is 0.263. The van der Waals surface area contributed by atoms with Crippen LogP contribution in [0.25, 0.3) is 10.9 Å². The first-order chi connectivity index (χ1) is 12.7. The van der Waals surface area contributed by atoms with Crippen LogP contribution < -0.4 is 5.32 Å². The molecule has 1 aliphatic heterocycles. The summed E-state index contributed by atoms with van der Waals surface area (Å²) in [6.07, 6.45) is 3.20. The van der Waals surface area contributed by atoms with E-state index in [0.29, 0.717) is 11.5 Å². The van der Waals surface area contributed by atoms with Gasteiger partial charge >= 0.3 is 0 Å². The number of H-pyrrole nitrogens is 1. The fourth-order valence-corrected chi connectivity index (χ4v) is 3.80. The van der Waals surface area contributed by atoms with Gasteiger partial charge in [-0.2, -0.15) is 5.26 Å². The molecule has 0 amide bonds. The van der Waals surface area contributed by atoms with Crippen molar-refractivity contribution >= 4 is 16.6 Å². The molecule has 2 N–H and O–H groups in total. The lowest BCUT2D eigenvalue weighted by atomic mass is 9.97. The molecule has 0 radical (unpaired) electrons. The van der Waals surface area contributed by atoms with Crippen molar-refractivity contribution in [1.82, 2.24) is 9.88 Å². The maximum Gasteiger partial charge on any atom is 0.125 e. The molecule has 1 atom stereocenters. The maximum atomic E-state index is 13.2. The van der Waals surface area contributed by atoms with Gasteiger partial charge in [0.2, 0.25) is 0 Å². The number of aromatic nitrogens is 1. The third-order valence-electron chi connectivity index (χ3n) is 5.14. The lowest BCUT2D eigenvalue weighted by molar-refractivity contribution is 0.348. The van der Waals surface area contributed by atoms with Gasteiger partial charge in [0.15, 0.2) is 0 Å². The molecular weight excluding hydrogens is 327 g/mol. The van der Waals surface area contributed by atoms with Crippen LogP contribution in [0.3, 0.4) is 0 Å². The highest BCUT2D eigenvalue weighted by atomic mass is 19.1. The van der Waals surface area contributed by atoms with Crippen LogP contribution in [0.1, 0.15) is 23.5 Å². The molecule has 4 nitrogen and oxygen atoms in total. The number of benzene rings is 2. The molecule has 0 spiro atoms. The first kappa shape index (κ1) is 16.6. The Morgan fingerprint density at radius 2 is 2.19 bits per heavy atom. The quantitative estimate of drug-likeness (QED) is 0.730. The Labute approximate surface area is 152 Å². The van der Waals surface area contributed by atoms with E-state index < -0.39 is 0 Å². The van der Waals surface area contributed by atoms with Crippen LogP contribution >= 0.6 is 0 Å². The van der Waals surface area contributed by atoms with Gasteiger partial charge in [0.25, 0.3) is 0 Å². The molecule has 5 heteroatoms. The summed E-state index contributed by atoms with van der Waals surface area (Å²) < 4.78 is 13.2. The van der Waals surface area contributed by atoms with E-state index in [1.807, 2.05) is 24.3 Å². The molecule has 0 bridgehead atoms. The molecule has 1 unspecified atom stereocenters. The minimum Gasteiger partial charge on any atom is -0.384 e. The fourth-order valence-electron chi connectivity index (χ4n) is 3.80. The Morgan fingerprint density at radius 3 is 3.04 bits per heavy atom. The standard InChI is InChI=1S/C21H21FN4/c22-17-2-1-3-18(11-17)24-7-9-26-8-6-16(14-26)20-13-25-21-5-4-15(12-23)10-19(20)21/h1-5,10-11,13,16,24-25H,6-9,14H2. The summed E-state index contributed by atoms with van der Waals surface area (Å²) in [7, 11) is 0. The molecule has 132 valence electrons. The van der Waals surface area contributed by atoms with Gasteiger partial charge in [-0.15, -0.1) is 0 Å². The van der Waals surface area contributed by atoms with Crippen molar-refractivity contribution in [1.29, 1.82) is 5.26 Å². The number of fused-ring (bicyclic) bond motifs is 1. The zero-order valence-electron chi connectivity index (χ0n) is 14.5. The Morgan fingerprint density at radius 1 is 1.27 bits per heavy atom. The first-order valence-electron chi connectivity index (χ1n) is 8.96. The highest BCUT2D eigenvalue weighted by Gasteiger charge is 2.25. The van der Waals surface area contributed by atoms with Crippen molar-refractivity contribution in [2.24, 2.45) is 0 Å². The SMILES string of the molecule is N#Cc1ccc2[nH]cc(C3CCN(CCNc4cccc(F)c4)C3)c2c1. The number of nitriles is 1. The van der Waals surface area contributed by atoms with E-state index in [4.69, 9.17) is 5.26 Å². The Kier molecular flexibility index (Phi) is 4.59. The predicted octanol–water partition coefficient (Wildman–Crippen LogP) is 4.08. The van der Waals surface area contributed by atoms with Crippen LogP contribution in [0.4, 0.5) is 10.1 Å². The van der Waals surface area contributed by atoms with E-state index in [9.17, 15) is 4.39 Å². The molecule has 1 aliphatic rings. The third kappa shape index (κ3) is 3.42. The van der Waals surface area contributed by atoms with Gasteiger partial charge in [0, 0.05) is 42.4 Å². The van der Waals surface area contributed by atoms with E-state index in [-0.39, 0.29) is 5.82 Å². The highest BCUT2D eigenvalue weighted by molar-refractivity contribution is 5.85. The summed E-state index contributed by atoms with van der Waals surface area (Å²) in [4.78, 5) is 5.76.